The molecule has 1 heterocycles. The van der Waals surface area contributed by atoms with Crippen molar-refractivity contribution in [1.82, 2.24) is 10.2 Å². The molecule has 1 fully saturated rings. The lowest BCUT2D eigenvalue weighted by molar-refractivity contribution is -0.0108. The number of hydrogen-bond donors (Lipinski definition) is 1. The largest absolute Gasteiger partial charge is 0.378 e. The first kappa shape index (κ1) is 15.5. The molecule has 1 aliphatic rings. The summed E-state index contributed by atoms with van der Waals surface area (Å²) in [7, 11) is 0. The molecule has 0 bridgehead atoms. The fourth-order valence-electron chi connectivity index (χ4n) is 2.93. The topological polar surface area (TPSA) is 24.5 Å². The maximum Gasteiger partial charge on any atom is 0.0635 e. The van der Waals surface area contributed by atoms with Crippen LogP contribution in [0, 0.1) is 13.8 Å². The molecule has 0 amide bonds. The lowest BCUT2D eigenvalue weighted by Gasteiger charge is -2.36. The van der Waals surface area contributed by atoms with Gasteiger partial charge in [-0.2, -0.15) is 0 Å². The highest BCUT2D eigenvalue weighted by Gasteiger charge is 2.22. The minimum absolute atomic E-state index is 0.496. The summed E-state index contributed by atoms with van der Waals surface area (Å²) in [5.74, 6) is 0. The molecule has 0 spiro atoms. The first-order chi connectivity index (χ1) is 9.69. The molecule has 1 aliphatic heterocycles. The SMILES string of the molecule is CCCNCC1COCCN1Cc1cc(C)cc(C)c1. The standard InChI is InChI=1S/C17H28N2O/c1-4-5-18-11-17-13-20-7-6-19(17)12-16-9-14(2)8-15(3)10-16/h8-10,17-18H,4-7,11-13H2,1-3H3. The third kappa shape index (κ3) is 4.58. The van der Waals surface area contributed by atoms with Crippen LogP contribution in [0.5, 0.6) is 0 Å². The van der Waals surface area contributed by atoms with Crippen molar-refractivity contribution in [1.29, 1.82) is 0 Å². The summed E-state index contributed by atoms with van der Waals surface area (Å²) >= 11 is 0. The lowest BCUT2D eigenvalue weighted by Crippen LogP contribution is -2.49. The van der Waals surface area contributed by atoms with Crippen molar-refractivity contribution in [3.63, 3.8) is 0 Å². The molecule has 1 N–H and O–H groups in total. The number of aryl methyl sites for hydroxylation is 2. The van der Waals surface area contributed by atoms with Crippen LogP contribution in [0.4, 0.5) is 0 Å². The van der Waals surface area contributed by atoms with Crippen molar-refractivity contribution in [3.05, 3.63) is 34.9 Å². The third-order valence-corrected chi connectivity index (χ3v) is 3.82. The van der Waals surface area contributed by atoms with Gasteiger partial charge in [-0.3, -0.25) is 4.90 Å². The average molecular weight is 276 g/mol. The highest BCUT2D eigenvalue weighted by atomic mass is 16.5. The van der Waals surface area contributed by atoms with E-state index in [-0.39, 0.29) is 0 Å². The molecule has 1 aromatic carbocycles. The zero-order valence-electron chi connectivity index (χ0n) is 13.1. The van der Waals surface area contributed by atoms with Crippen LogP contribution in [-0.4, -0.2) is 43.8 Å². The monoisotopic (exact) mass is 276 g/mol. The number of benzene rings is 1. The molecule has 1 aromatic rings. The molecule has 3 nitrogen and oxygen atoms in total. The van der Waals surface area contributed by atoms with E-state index in [0.717, 1.165) is 39.4 Å². The minimum Gasteiger partial charge on any atom is -0.378 e. The summed E-state index contributed by atoms with van der Waals surface area (Å²) in [4.78, 5) is 2.56. The van der Waals surface area contributed by atoms with Crippen molar-refractivity contribution in [3.8, 4) is 0 Å². The van der Waals surface area contributed by atoms with Crippen molar-refractivity contribution in [2.45, 2.75) is 39.8 Å². The van der Waals surface area contributed by atoms with Crippen LogP contribution >= 0.6 is 0 Å². The summed E-state index contributed by atoms with van der Waals surface area (Å²) in [5.41, 5.74) is 4.13. The van der Waals surface area contributed by atoms with Gasteiger partial charge in [0.05, 0.1) is 13.2 Å². The van der Waals surface area contributed by atoms with E-state index in [4.69, 9.17) is 4.74 Å². The van der Waals surface area contributed by atoms with Gasteiger partial charge in [-0.1, -0.05) is 36.2 Å². The Kier molecular flexibility index (Phi) is 6.02. The Balaban J connectivity index is 1.96. The number of hydrogen-bond acceptors (Lipinski definition) is 3. The zero-order chi connectivity index (χ0) is 14.4. The predicted molar refractivity (Wildman–Crippen MR) is 84.1 cm³/mol. The van der Waals surface area contributed by atoms with Crippen LogP contribution in [0.3, 0.4) is 0 Å². The van der Waals surface area contributed by atoms with E-state index < -0.39 is 0 Å². The Morgan fingerprint density at radius 3 is 2.70 bits per heavy atom. The van der Waals surface area contributed by atoms with Gasteiger partial charge in [0.15, 0.2) is 0 Å². The Labute approximate surface area is 123 Å². The Hall–Kier alpha value is -0.900. The molecule has 2 rings (SSSR count). The first-order valence-corrected chi connectivity index (χ1v) is 7.78. The Morgan fingerprint density at radius 2 is 2.00 bits per heavy atom. The second-order valence-corrected chi connectivity index (χ2v) is 5.90. The van der Waals surface area contributed by atoms with Gasteiger partial charge >= 0.3 is 0 Å². The Morgan fingerprint density at radius 1 is 1.25 bits per heavy atom. The van der Waals surface area contributed by atoms with E-state index in [0.29, 0.717) is 6.04 Å². The van der Waals surface area contributed by atoms with Crippen LogP contribution in [0.15, 0.2) is 18.2 Å². The van der Waals surface area contributed by atoms with Gasteiger partial charge in [-0.25, -0.2) is 0 Å². The maximum absolute atomic E-state index is 5.65. The fourth-order valence-corrected chi connectivity index (χ4v) is 2.93. The van der Waals surface area contributed by atoms with Crippen molar-refractivity contribution in [2.75, 3.05) is 32.8 Å². The zero-order valence-corrected chi connectivity index (χ0v) is 13.1. The van der Waals surface area contributed by atoms with E-state index in [9.17, 15) is 0 Å². The molecule has 112 valence electrons. The minimum atomic E-state index is 0.496. The van der Waals surface area contributed by atoms with Gasteiger partial charge in [-0.05, 0) is 32.4 Å². The van der Waals surface area contributed by atoms with E-state index in [2.05, 4.69) is 49.2 Å². The van der Waals surface area contributed by atoms with Gasteiger partial charge in [0.25, 0.3) is 0 Å². The molecule has 1 unspecified atom stereocenters. The Bertz CT molecular complexity index is 399. The van der Waals surface area contributed by atoms with Crippen LogP contribution in [0.25, 0.3) is 0 Å². The normalized spacial score (nSPS) is 20.2. The second kappa shape index (κ2) is 7.77. The predicted octanol–water partition coefficient (Wildman–Crippen LogP) is 2.50. The summed E-state index contributed by atoms with van der Waals surface area (Å²) in [5, 5.41) is 3.52. The van der Waals surface area contributed by atoms with Crippen LogP contribution in [0.2, 0.25) is 0 Å². The van der Waals surface area contributed by atoms with Gasteiger partial charge in [0.2, 0.25) is 0 Å². The molecule has 3 heteroatoms. The third-order valence-electron chi connectivity index (χ3n) is 3.82. The number of ether oxygens (including phenoxy) is 1. The highest BCUT2D eigenvalue weighted by molar-refractivity contribution is 5.28. The molecular weight excluding hydrogens is 248 g/mol. The van der Waals surface area contributed by atoms with Crippen LogP contribution in [0.1, 0.15) is 30.0 Å². The number of rotatable bonds is 6. The second-order valence-electron chi connectivity index (χ2n) is 5.90. The van der Waals surface area contributed by atoms with Crippen LogP contribution < -0.4 is 5.32 Å². The van der Waals surface area contributed by atoms with Crippen molar-refractivity contribution in [2.24, 2.45) is 0 Å². The molecule has 0 saturated carbocycles. The van der Waals surface area contributed by atoms with E-state index in [1.165, 1.54) is 23.1 Å². The highest BCUT2D eigenvalue weighted by Crippen LogP contribution is 2.15. The molecule has 0 aliphatic carbocycles. The maximum atomic E-state index is 5.65. The van der Waals surface area contributed by atoms with E-state index >= 15 is 0 Å². The van der Waals surface area contributed by atoms with Gasteiger partial charge < -0.3 is 10.1 Å². The summed E-state index contributed by atoms with van der Waals surface area (Å²) in [6, 6.07) is 7.34. The summed E-state index contributed by atoms with van der Waals surface area (Å²) in [6.07, 6.45) is 1.19. The molecule has 0 aromatic heterocycles. The lowest BCUT2D eigenvalue weighted by atomic mass is 10.1. The fraction of sp³-hybridized carbons (Fsp3) is 0.647. The van der Waals surface area contributed by atoms with E-state index in [1.807, 2.05) is 0 Å². The number of nitrogens with zero attached hydrogens (tertiary/aromatic N) is 1. The molecule has 20 heavy (non-hydrogen) atoms. The average Bonchev–Trinajstić information content (AvgIpc) is 2.40. The van der Waals surface area contributed by atoms with Gasteiger partial charge in [-0.15, -0.1) is 0 Å². The molecular formula is C17H28N2O. The summed E-state index contributed by atoms with van der Waals surface area (Å²) in [6.45, 7) is 12.4. The molecule has 1 atom stereocenters. The van der Waals surface area contributed by atoms with E-state index in [1.54, 1.807) is 0 Å². The van der Waals surface area contributed by atoms with Crippen molar-refractivity contribution >= 4 is 0 Å². The number of morpholine rings is 1. The molecule has 0 radical (unpaired) electrons. The van der Waals surface area contributed by atoms with Crippen LogP contribution in [-0.2, 0) is 11.3 Å². The summed E-state index contributed by atoms with van der Waals surface area (Å²) < 4.78 is 5.65. The van der Waals surface area contributed by atoms with Crippen molar-refractivity contribution < 1.29 is 4.74 Å². The first-order valence-electron chi connectivity index (χ1n) is 7.78. The smallest absolute Gasteiger partial charge is 0.0635 e. The van der Waals surface area contributed by atoms with Gasteiger partial charge in [0.1, 0.15) is 0 Å². The quantitative estimate of drug-likeness (QED) is 0.808. The molecule has 1 saturated heterocycles. The number of nitrogens with one attached hydrogen (secondary N) is 1. The van der Waals surface area contributed by atoms with Gasteiger partial charge in [0, 0.05) is 25.7 Å².